The lowest BCUT2D eigenvalue weighted by Crippen LogP contribution is -2.13. The molecule has 0 unspecified atom stereocenters. The minimum absolute atomic E-state index is 0.305. The van der Waals surface area contributed by atoms with Crippen LogP contribution < -0.4 is 10.1 Å². The van der Waals surface area contributed by atoms with Gasteiger partial charge in [-0.25, -0.2) is 13.2 Å². The second-order valence-corrected chi connectivity index (χ2v) is 4.17. The number of halogens is 3. The van der Waals surface area contributed by atoms with Gasteiger partial charge in [-0.2, -0.15) is 0 Å². The fourth-order valence-corrected chi connectivity index (χ4v) is 1.69. The zero-order valence-electron chi connectivity index (χ0n) is 11.1. The highest BCUT2D eigenvalue weighted by Crippen LogP contribution is 2.18. The number of amides is 1. The zero-order valence-corrected chi connectivity index (χ0v) is 11.1. The summed E-state index contributed by atoms with van der Waals surface area (Å²) in [5, 5.41) is 2.45. The summed E-state index contributed by atoms with van der Waals surface area (Å²) in [6.07, 6.45) is 0. The molecule has 6 heteroatoms. The van der Waals surface area contributed by atoms with E-state index in [0.29, 0.717) is 30.2 Å². The first kappa shape index (κ1) is 14.9. The summed E-state index contributed by atoms with van der Waals surface area (Å²) in [5.41, 5.74) is 0.119. The van der Waals surface area contributed by atoms with Crippen LogP contribution in [0.25, 0.3) is 0 Å². The van der Waals surface area contributed by atoms with Gasteiger partial charge in [-0.1, -0.05) is 0 Å². The van der Waals surface area contributed by atoms with Crippen LogP contribution in [0.4, 0.5) is 18.9 Å². The van der Waals surface area contributed by atoms with E-state index in [4.69, 9.17) is 4.74 Å². The lowest BCUT2D eigenvalue weighted by atomic mass is 10.2. The van der Waals surface area contributed by atoms with Gasteiger partial charge in [0, 0.05) is 11.3 Å². The Labute approximate surface area is 119 Å². The Morgan fingerprint density at radius 2 is 1.67 bits per heavy atom. The molecular weight excluding hydrogens is 283 g/mol. The van der Waals surface area contributed by atoms with E-state index >= 15 is 0 Å². The molecule has 0 aromatic heterocycles. The van der Waals surface area contributed by atoms with E-state index in [0.717, 1.165) is 0 Å². The molecule has 0 saturated carbocycles. The molecule has 2 aromatic carbocycles. The number of rotatable bonds is 4. The second-order valence-electron chi connectivity index (χ2n) is 4.17. The molecule has 0 atom stereocenters. The fourth-order valence-electron chi connectivity index (χ4n) is 1.69. The summed E-state index contributed by atoms with van der Waals surface area (Å²) in [5.74, 6) is -4.53. The molecule has 3 nitrogen and oxygen atoms in total. The number of anilines is 1. The Kier molecular flexibility index (Phi) is 4.47. The van der Waals surface area contributed by atoms with Gasteiger partial charge in [-0.3, -0.25) is 4.79 Å². The Morgan fingerprint density at radius 1 is 1.10 bits per heavy atom. The molecule has 0 aliphatic heterocycles. The van der Waals surface area contributed by atoms with Crippen molar-refractivity contribution in [1.29, 1.82) is 0 Å². The zero-order chi connectivity index (χ0) is 15.4. The van der Waals surface area contributed by atoms with Gasteiger partial charge in [0.2, 0.25) is 0 Å². The molecule has 2 rings (SSSR count). The predicted molar refractivity (Wildman–Crippen MR) is 71.9 cm³/mol. The molecule has 0 aliphatic carbocycles. The van der Waals surface area contributed by atoms with Crippen molar-refractivity contribution in [3.05, 3.63) is 59.4 Å². The molecule has 0 fully saturated rings. The maximum Gasteiger partial charge on any atom is 0.255 e. The first-order chi connectivity index (χ1) is 10.0. The Morgan fingerprint density at radius 3 is 2.19 bits per heavy atom. The third-order valence-corrected chi connectivity index (χ3v) is 2.67. The first-order valence-electron chi connectivity index (χ1n) is 6.20. The average molecular weight is 295 g/mol. The smallest absolute Gasteiger partial charge is 0.255 e. The van der Waals surface area contributed by atoms with Crippen molar-refractivity contribution in [2.75, 3.05) is 11.9 Å². The monoisotopic (exact) mass is 295 g/mol. The van der Waals surface area contributed by atoms with Crippen LogP contribution in [0.5, 0.6) is 5.75 Å². The number of carbonyl (C=O) groups is 1. The average Bonchev–Trinajstić information content (AvgIpc) is 2.46. The number of hydrogen-bond acceptors (Lipinski definition) is 2. The molecule has 0 radical (unpaired) electrons. The standard InChI is InChI=1S/C15H12F3NO2/c1-2-21-11-5-3-10(4-6-11)19-15(20)9-7-12(16)14(18)13(17)8-9/h3-8H,2H2,1H3,(H,19,20). The van der Waals surface area contributed by atoms with Gasteiger partial charge < -0.3 is 10.1 Å². The molecule has 0 spiro atoms. The van der Waals surface area contributed by atoms with Gasteiger partial charge in [-0.15, -0.1) is 0 Å². The van der Waals surface area contributed by atoms with Crippen LogP contribution in [0.15, 0.2) is 36.4 Å². The number of carbonyl (C=O) groups excluding carboxylic acids is 1. The largest absolute Gasteiger partial charge is 0.494 e. The second kappa shape index (κ2) is 6.30. The molecule has 21 heavy (non-hydrogen) atoms. The summed E-state index contributed by atoms with van der Waals surface area (Å²) in [7, 11) is 0. The number of ether oxygens (including phenoxy) is 1. The van der Waals surface area contributed by atoms with Crippen molar-refractivity contribution >= 4 is 11.6 Å². The van der Waals surface area contributed by atoms with E-state index in [1.165, 1.54) is 0 Å². The number of nitrogens with one attached hydrogen (secondary N) is 1. The lowest BCUT2D eigenvalue weighted by molar-refractivity contribution is 0.102. The lowest BCUT2D eigenvalue weighted by Gasteiger charge is -2.07. The molecule has 0 aliphatic rings. The van der Waals surface area contributed by atoms with Gasteiger partial charge >= 0.3 is 0 Å². The highest BCUT2D eigenvalue weighted by atomic mass is 19.2. The molecule has 1 amide bonds. The van der Waals surface area contributed by atoms with Crippen LogP contribution in [-0.4, -0.2) is 12.5 Å². The van der Waals surface area contributed by atoms with Crippen molar-refractivity contribution in [2.24, 2.45) is 0 Å². The Bertz CT molecular complexity index is 633. The fraction of sp³-hybridized carbons (Fsp3) is 0.133. The summed E-state index contributed by atoms with van der Waals surface area (Å²) < 4.78 is 44.2. The third kappa shape index (κ3) is 3.53. The van der Waals surface area contributed by atoms with Crippen LogP contribution in [0.2, 0.25) is 0 Å². The van der Waals surface area contributed by atoms with Crippen LogP contribution in [0, 0.1) is 17.5 Å². The summed E-state index contributed by atoms with van der Waals surface area (Å²) in [6.45, 7) is 2.35. The summed E-state index contributed by atoms with van der Waals surface area (Å²) >= 11 is 0. The van der Waals surface area contributed by atoms with Gasteiger partial charge in [0.15, 0.2) is 17.5 Å². The summed E-state index contributed by atoms with van der Waals surface area (Å²) in [4.78, 5) is 11.8. The maximum absolute atomic E-state index is 13.1. The third-order valence-electron chi connectivity index (χ3n) is 2.67. The quantitative estimate of drug-likeness (QED) is 0.872. The van der Waals surface area contributed by atoms with Crippen LogP contribution >= 0.6 is 0 Å². The molecule has 110 valence electrons. The Balaban J connectivity index is 2.14. The molecule has 1 N–H and O–H groups in total. The first-order valence-corrected chi connectivity index (χ1v) is 6.20. The van der Waals surface area contributed by atoms with E-state index in [1.807, 2.05) is 6.92 Å². The van der Waals surface area contributed by atoms with Crippen molar-refractivity contribution < 1.29 is 22.7 Å². The van der Waals surface area contributed by atoms with Crippen LogP contribution in [-0.2, 0) is 0 Å². The van der Waals surface area contributed by atoms with Crippen molar-refractivity contribution in [3.8, 4) is 5.75 Å². The highest BCUT2D eigenvalue weighted by Gasteiger charge is 2.15. The van der Waals surface area contributed by atoms with Gasteiger partial charge in [0.25, 0.3) is 5.91 Å². The topological polar surface area (TPSA) is 38.3 Å². The summed E-state index contributed by atoms with van der Waals surface area (Å²) in [6, 6.07) is 7.73. The van der Waals surface area contributed by atoms with Gasteiger partial charge in [-0.05, 0) is 43.3 Å². The molecule has 0 bridgehead atoms. The van der Waals surface area contributed by atoms with Gasteiger partial charge in [0.1, 0.15) is 5.75 Å². The van der Waals surface area contributed by atoms with Gasteiger partial charge in [0.05, 0.1) is 6.61 Å². The highest BCUT2D eigenvalue weighted by molar-refractivity contribution is 6.04. The minimum Gasteiger partial charge on any atom is -0.494 e. The van der Waals surface area contributed by atoms with E-state index < -0.39 is 23.4 Å². The molecular formula is C15H12F3NO2. The minimum atomic E-state index is -1.60. The maximum atomic E-state index is 13.1. The number of benzene rings is 2. The predicted octanol–water partition coefficient (Wildman–Crippen LogP) is 3.75. The van der Waals surface area contributed by atoms with Crippen molar-refractivity contribution in [2.45, 2.75) is 6.92 Å². The van der Waals surface area contributed by atoms with Crippen LogP contribution in [0.1, 0.15) is 17.3 Å². The molecule has 0 heterocycles. The van der Waals surface area contributed by atoms with E-state index in [1.54, 1.807) is 24.3 Å². The molecule has 0 saturated heterocycles. The van der Waals surface area contributed by atoms with Crippen molar-refractivity contribution in [3.63, 3.8) is 0 Å². The van der Waals surface area contributed by atoms with Crippen molar-refractivity contribution in [1.82, 2.24) is 0 Å². The van der Waals surface area contributed by atoms with E-state index in [2.05, 4.69) is 5.32 Å². The van der Waals surface area contributed by atoms with Crippen LogP contribution in [0.3, 0.4) is 0 Å². The SMILES string of the molecule is CCOc1ccc(NC(=O)c2cc(F)c(F)c(F)c2)cc1. The van der Waals surface area contributed by atoms with E-state index in [-0.39, 0.29) is 5.56 Å². The Hall–Kier alpha value is -2.50. The molecule has 2 aromatic rings. The normalized spacial score (nSPS) is 10.3. The number of hydrogen-bond donors (Lipinski definition) is 1. The van der Waals surface area contributed by atoms with E-state index in [9.17, 15) is 18.0 Å².